The Morgan fingerprint density at radius 2 is 2.00 bits per heavy atom. The topological polar surface area (TPSA) is 42.1 Å². The molecule has 2 N–H and O–H groups in total. The second-order valence-corrected chi connectivity index (χ2v) is 6.76. The van der Waals surface area contributed by atoms with Gasteiger partial charge in [-0.25, -0.2) is 0 Å². The van der Waals surface area contributed by atoms with E-state index in [1.165, 1.54) is 9.75 Å². The number of rotatable bonds is 5. The Balaban J connectivity index is 2.17. The van der Waals surface area contributed by atoms with Crippen LogP contribution in [0.1, 0.15) is 34.1 Å². The lowest BCUT2D eigenvalue weighted by molar-refractivity contribution is 0.212. The highest BCUT2D eigenvalue weighted by molar-refractivity contribution is 7.12. The molecule has 0 radical (unpaired) electrons. The molecule has 0 aliphatic heterocycles. The van der Waals surface area contributed by atoms with Crippen LogP contribution in [0.5, 0.6) is 0 Å². The third-order valence-corrected chi connectivity index (χ3v) is 4.45. The zero-order valence-electron chi connectivity index (χ0n) is 12.6. The van der Waals surface area contributed by atoms with Gasteiger partial charge in [0.05, 0.1) is 11.7 Å². The monoisotopic (exact) mass is 289 g/mol. The van der Waals surface area contributed by atoms with Crippen LogP contribution in [0, 0.1) is 13.8 Å². The molecule has 108 valence electrons. The average Bonchev–Trinajstić information content (AvgIpc) is 2.75. The molecule has 2 aromatic rings. The second kappa shape index (κ2) is 6.48. The molecule has 20 heavy (non-hydrogen) atoms. The molecule has 0 spiro atoms. The van der Waals surface area contributed by atoms with Crippen LogP contribution in [0.4, 0.5) is 0 Å². The first-order valence-electron chi connectivity index (χ1n) is 6.92. The van der Waals surface area contributed by atoms with Crippen molar-refractivity contribution < 1.29 is 0 Å². The van der Waals surface area contributed by atoms with Crippen molar-refractivity contribution in [2.24, 2.45) is 5.73 Å². The number of nitrogens with two attached hydrogens (primary N) is 1. The Morgan fingerprint density at radius 1 is 1.25 bits per heavy atom. The molecular formula is C16H23N3S. The van der Waals surface area contributed by atoms with Gasteiger partial charge in [-0.15, -0.1) is 11.3 Å². The zero-order chi connectivity index (χ0) is 14.7. The van der Waals surface area contributed by atoms with Crippen LogP contribution in [0.3, 0.4) is 0 Å². The summed E-state index contributed by atoms with van der Waals surface area (Å²) < 4.78 is 0. The highest BCUT2D eigenvalue weighted by atomic mass is 32.1. The number of nitrogens with zero attached hydrogens (tertiary/aromatic N) is 2. The molecule has 0 amide bonds. The Kier molecular flexibility index (Phi) is 4.91. The van der Waals surface area contributed by atoms with E-state index in [1.54, 1.807) is 0 Å². The highest BCUT2D eigenvalue weighted by Crippen LogP contribution is 2.29. The summed E-state index contributed by atoms with van der Waals surface area (Å²) in [6.45, 7) is 7.04. The van der Waals surface area contributed by atoms with Gasteiger partial charge in [-0.2, -0.15) is 0 Å². The fraction of sp³-hybridized carbons (Fsp3) is 0.438. The van der Waals surface area contributed by atoms with Gasteiger partial charge in [0.25, 0.3) is 0 Å². The number of thiophene rings is 1. The fourth-order valence-electron chi connectivity index (χ4n) is 2.53. The van der Waals surface area contributed by atoms with Gasteiger partial charge in [0, 0.05) is 28.0 Å². The van der Waals surface area contributed by atoms with E-state index in [0.717, 1.165) is 17.9 Å². The molecule has 0 aliphatic rings. The van der Waals surface area contributed by atoms with Gasteiger partial charge in [-0.3, -0.25) is 9.88 Å². The van der Waals surface area contributed by atoms with E-state index in [0.29, 0.717) is 0 Å². The van der Waals surface area contributed by atoms with Gasteiger partial charge in [-0.1, -0.05) is 6.07 Å². The maximum Gasteiger partial charge on any atom is 0.0591 e. The lowest BCUT2D eigenvalue weighted by Gasteiger charge is -2.30. The first-order valence-corrected chi connectivity index (χ1v) is 7.73. The molecule has 0 aromatic carbocycles. The number of aryl methyl sites for hydroxylation is 2. The van der Waals surface area contributed by atoms with E-state index < -0.39 is 0 Å². The first kappa shape index (κ1) is 15.2. The smallest absolute Gasteiger partial charge is 0.0591 e. The molecule has 2 unspecified atom stereocenters. The minimum atomic E-state index is 0.0860. The number of likely N-dealkylation sites (N-methyl/N-ethyl adjacent to an activating group) is 1. The molecule has 0 bridgehead atoms. The molecule has 0 saturated carbocycles. The summed E-state index contributed by atoms with van der Waals surface area (Å²) in [7, 11) is 2.12. The maximum atomic E-state index is 6.21. The summed E-state index contributed by atoms with van der Waals surface area (Å²) in [5, 5.41) is 0. The molecule has 2 aromatic heterocycles. The summed E-state index contributed by atoms with van der Waals surface area (Å²) >= 11 is 1.82. The van der Waals surface area contributed by atoms with Crippen molar-refractivity contribution in [3.63, 3.8) is 0 Å². The molecule has 2 heterocycles. The van der Waals surface area contributed by atoms with Crippen molar-refractivity contribution in [3.8, 4) is 0 Å². The Morgan fingerprint density at radius 3 is 2.55 bits per heavy atom. The summed E-state index contributed by atoms with van der Waals surface area (Å²) in [6, 6.07) is 10.8. The van der Waals surface area contributed by atoms with E-state index in [2.05, 4.69) is 55.0 Å². The lowest BCUT2D eigenvalue weighted by atomic mass is 10.1. The standard InChI is InChI=1S/C16H23N3S/c1-11-6-5-7-14(18-11)10-19(4)16(13(3)17)15-9-8-12(2)20-15/h5-9,13,16H,10,17H2,1-4H3. The predicted octanol–water partition coefficient (Wildman–Crippen LogP) is 3.28. The van der Waals surface area contributed by atoms with Crippen LogP contribution in [0.15, 0.2) is 30.3 Å². The third kappa shape index (κ3) is 3.66. The molecular weight excluding hydrogens is 266 g/mol. The fourth-order valence-corrected chi connectivity index (χ4v) is 3.69. The molecule has 0 aliphatic carbocycles. The van der Waals surface area contributed by atoms with E-state index in [4.69, 9.17) is 5.73 Å². The summed E-state index contributed by atoms with van der Waals surface area (Å²) in [6.07, 6.45) is 0. The molecule has 3 nitrogen and oxygen atoms in total. The molecule has 2 rings (SSSR count). The van der Waals surface area contributed by atoms with Crippen molar-refractivity contribution in [1.82, 2.24) is 9.88 Å². The number of hydrogen-bond donors (Lipinski definition) is 1. The minimum absolute atomic E-state index is 0.0860. The quantitative estimate of drug-likeness (QED) is 0.918. The summed E-state index contributed by atoms with van der Waals surface area (Å²) in [5.41, 5.74) is 8.35. The van der Waals surface area contributed by atoms with Gasteiger partial charge in [0.2, 0.25) is 0 Å². The van der Waals surface area contributed by atoms with Crippen molar-refractivity contribution in [2.45, 2.75) is 39.4 Å². The molecule has 0 saturated heterocycles. The second-order valence-electron chi connectivity index (χ2n) is 5.44. The van der Waals surface area contributed by atoms with Crippen LogP contribution in [-0.2, 0) is 6.54 Å². The predicted molar refractivity (Wildman–Crippen MR) is 85.9 cm³/mol. The highest BCUT2D eigenvalue weighted by Gasteiger charge is 2.23. The van der Waals surface area contributed by atoms with Crippen molar-refractivity contribution in [1.29, 1.82) is 0 Å². The van der Waals surface area contributed by atoms with Crippen LogP contribution in [0.2, 0.25) is 0 Å². The van der Waals surface area contributed by atoms with Gasteiger partial charge in [0.15, 0.2) is 0 Å². The van der Waals surface area contributed by atoms with Gasteiger partial charge in [-0.05, 0) is 52.1 Å². The minimum Gasteiger partial charge on any atom is -0.326 e. The normalized spacial score (nSPS) is 14.5. The molecule has 2 atom stereocenters. The largest absolute Gasteiger partial charge is 0.326 e. The summed E-state index contributed by atoms with van der Waals surface area (Å²) in [4.78, 5) is 9.52. The van der Waals surface area contributed by atoms with Crippen LogP contribution in [0.25, 0.3) is 0 Å². The zero-order valence-corrected chi connectivity index (χ0v) is 13.4. The van der Waals surface area contributed by atoms with Crippen molar-refractivity contribution >= 4 is 11.3 Å². The van der Waals surface area contributed by atoms with E-state index >= 15 is 0 Å². The van der Waals surface area contributed by atoms with Gasteiger partial charge >= 0.3 is 0 Å². The number of aromatic nitrogens is 1. The first-order chi connectivity index (χ1) is 9.47. The lowest BCUT2D eigenvalue weighted by Crippen LogP contribution is -2.36. The summed E-state index contributed by atoms with van der Waals surface area (Å²) in [5.74, 6) is 0. The van der Waals surface area contributed by atoms with Crippen molar-refractivity contribution in [3.05, 3.63) is 51.5 Å². The van der Waals surface area contributed by atoms with E-state index in [9.17, 15) is 0 Å². The Hall–Kier alpha value is -1.23. The average molecular weight is 289 g/mol. The Bertz CT molecular complexity index is 562. The SMILES string of the molecule is Cc1cccc(CN(C)C(c2ccc(C)s2)C(C)N)n1. The number of pyridine rings is 1. The third-order valence-electron chi connectivity index (χ3n) is 3.38. The van der Waals surface area contributed by atoms with Crippen molar-refractivity contribution in [2.75, 3.05) is 7.05 Å². The molecule has 0 fully saturated rings. The van der Waals surface area contributed by atoms with E-state index in [1.807, 2.05) is 24.3 Å². The van der Waals surface area contributed by atoms with Crippen LogP contribution in [-0.4, -0.2) is 23.0 Å². The van der Waals surface area contributed by atoms with E-state index in [-0.39, 0.29) is 12.1 Å². The van der Waals surface area contributed by atoms with Gasteiger partial charge in [0.1, 0.15) is 0 Å². The van der Waals surface area contributed by atoms with Crippen LogP contribution < -0.4 is 5.73 Å². The Labute approximate surface area is 125 Å². The maximum absolute atomic E-state index is 6.21. The van der Waals surface area contributed by atoms with Crippen LogP contribution >= 0.6 is 11.3 Å². The molecule has 4 heteroatoms. The van der Waals surface area contributed by atoms with Gasteiger partial charge < -0.3 is 5.73 Å². The number of hydrogen-bond acceptors (Lipinski definition) is 4.